The average molecular weight is 321 g/mol. The highest BCUT2D eigenvalue weighted by atomic mass is 16.5. The molecule has 0 heterocycles. The maximum Gasteiger partial charge on any atom is 0.0913 e. The van der Waals surface area contributed by atoms with E-state index in [9.17, 15) is 5.11 Å². The fourth-order valence-corrected chi connectivity index (χ4v) is 8.37. The van der Waals surface area contributed by atoms with Gasteiger partial charge in [0.1, 0.15) is 0 Å². The zero-order chi connectivity index (χ0) is 16.5. The highest BCUT2D eigenvalue weighted by Crippen LogP contribution is 2.72. The van der Waals surface area contributed by atoms with Crippen molar-refractivity contribution in [1.82, 2.24) is 0 Å². The Hall–Kier alpha value is -0.0800. The van der Waals surface area contributed by atoms with Gasteiger partial charge < -0.3 is 9.84 Å². The molecule has 6 atom stereocenters. The van der Waals surface area contributed by atoms with Crippen LogP contribution in [-0.2, 0) is 4.74 Å². The molecule has 2 heteroatoms. The summed E-state index contributed by atoms with van der Waals surface area (Å²) < 4.78 is 5.43. The summed E-state index contributed by atoms with van der Waals surface area (Å²) in [6.45, 7) is 8.21. The van der Waals surface area contributed by atoms with E-state index in [2.05, 4.69) is 20.8 Å². The Morgan fingerprint density at radius 1 is 1.00 bits per heavy atom. The van der Waals surface area contributed by atoms with Crippen LogP contribution >= 0.6 is 0 Å². The molecule has 4 saturated carbocycles. The monoisotopic (exact) mass is 320 g/mol. The molecule has 0 amide bonds. The molecule has 2 nitrogen and oxygen atoms in total. The van der Waals surface area contributed by atoms with Crippen molar-refractivity contribution in [1.29, 1.82) is 0 Å². The third kappa shape index (κ3) is 2.13. The number of ether oxygens (including phenoxy) is 1. The largest absolute Gasteiger partial charge is 0.387 e. The Labute approximate surface area is 142 Å². The third-order valence-electron chi connectivity index (χ3n) is 9.01. The Kier molecular flexibility index (Phi) is 3.54. The van der Waals surface area contributed by atoms with Crippen LogP contribution in [0.3, 0.4) is 0 Å². The first-order valence-corrected chi connectivity index (χ1v) is 9.97. The number of aliphatic hydroxyl groups is 1. The van der Waals surface area contributed by atoms with Gasteiger partial charge in [-0.1, -0.05) is 27.2 Å². The molecular formula is C21H36O2. The van der Waals surface area contributed by atoms with Gasteiger partial charge in [-0.25, -0.2) is 0 Å². The van der Waals surface area contributed by atoms with Crippen molar-refractivity contribution in [3.05, 3.63) is 0 Å². The van der Waals surface area contributed by atoms with E-state index in [1.807, 2.05) is 0 Å². The number of hydrogen-bond acceptors (Lipinski definition) is 2. The smallest absolute Gasteiger partial charge is 0.0913 e. The lowest BCUT2D eigenvalue weighted by Gasteiger charge is -2.64. The topological polar surface area (TPSA) is 29.5 Å². The summed E-state index contributed by atoms with van der Waals surface area (Å²) in [5.74, 6) is 2.19. The van der Waals surface area contributed by atoms with Gasteiger partial charge >= 0.3 is 0 Å². The number of fused-ring (bicyclic) bond motifs is 3. The first-order valence-electron chi connectivity index (χ1n) is 9.97. The van der Waals surface area contributed by atoms with Crippen LogP contribution in [0.15, 0.2) is 0 Å². The van der Waals surface area contributed by atoms with Crippen LogP contribution in [0.5, 0.6) is 0 Å². The first kappa shape index (κ1) is 16.4. The number of methoxy groups -OCH3 is 1. The van der Waals surface area contributed by atoms with Crippen molar-refractivity contribution in [2.24, 2.45) is 34.0 Å². The van der Waals surface area contributed by atoms with E-state index in [0.29, 0.717) is 28.8 Å². The van der Waals surface area contributed by atoms with E-state index in [1.54, 1.807) is 7.11 Å². The zero-order valence-electron chi connectivity index (χ0n) is 15.7. The van der Waals surface area contributed by atoms with Crippen LogP contribution in [0.1, 0.15) is 78.6 Å². The molecule has 0 aromatic heterocycles. The molecule has 1 spiro atoms. The molecule has 132 valence electrons. The number of rotatable bonds is 2. The highest BCUT2D eigenvalue weighted by molar-refractivity contribution is 5.16. The summed E-state index contributed by atoms with van der Waals surface area (Å²) in [6.07, 6.45) is 11.8. The highest BCUT2D eigenvalue weighted by Gasteiger charge is 2.66. The second kappa shape index (κ2) is 4.97. The maximum atomic E-state index is 11.3. The molecule has 6 unspecified atom stereocenters. The van der Waals surface area contributed by atoms with E-state index in [1.165, 1.54) is 51.4 Å². The minimum Gasteiger partial charge on any atom is -0.387 e. The van der Waals surface area contributed by atoms with Crippen molar-refractivity contribution in [3.63, 3.8) is 0 Å². The Morgan fingerprint density at radius 3 is 2.52 bits per heavy atom. The Balaban J connectivity index is 1.69. The normalized spacial score (nSPS) is 54.4. The summed E-state index contributed by atoms with van der Waals surface area (Å²) in [7, 11) is 1.75. The average Bonchev–Trinajstić information content (AvgIpc) is 2.64. The van der Waals surface area contributed by atoms with Gasteiger partial charge in [0, 0.05) is 7.11 Å². The molecule has 4 rings (SSSR count). The Morgan fingerprint density at radius 2 is 1.78 bits per heavy atom. The minimum atomic E-state index is -0.545. The van der Waals surface area contributed by atoms with Crippen LogP contribution in [0.25, 0.3) is 0 Å². The van der Waals surface area contributed by atoms with Gasteiger partial charge in [-0.05, 0) is 85.4 Å². The van der Waals surface area contributed by atoms with Crippen molar-refractivity contribution < 1.29 is 9.84 Å². The summed E-state index contributed by atoms with van der Waals surface area (Å²) in [6, 6.07) is 0. The molecule has 0 aromatic rings. The molecule has 4 aliphatic carbocycles. The van der Waals surface area contributed by atoms with Gasteiger partial charge in [0.2, 0.25) is 0 Å². The lowest BCUT2D eigenvalue weighted by molar-refractivity contribution is -0.145. The van der Waals surface area contributed by atoms with Crippen molar-refractivity contribution in [2.75, 3.05) is 13.7 Å². The van der Waals surface area contributed by atoms with Gasteiger partial charge in [0.15, 0.2) is 0 Å². The van der Waals surface area contributed by atoms with E-state index in [0.717, 1.165) is 18.3 Å². The molecular weight excluding hydrogens is 284 g/mol. The third-order valence-corrected chi connectivity index (χ3v) is 9.01. The molecule has 4 fully saturated rings. The van der Waals surface area contributed by atoms with Crippen molar-refractivity contribution in [2.45, 2.75) is 84.2 Å². The predicted molar refractivity (Wildman–Crippen MR) is 93.2 cm³/mol. The van der Waals surface area contributed by atoms with Gasteiger partial charge in [-0.2, -0.15) is 0 Å². The maximum absolute atomic E-state index is 11.3. The predicted octanol–water partition coefficient (Wildman–Crippen LogP) is 4.80. The van der Waals surface area contributed by atoms with E-state index >= 15 is 0 Å². The van der Waals surface area contributed by atoms with Crippen LogP contribution in [0.2, 0.25) is 0 Å². The standard InChI is InChI=1S/C21H36O2/c1-18(2)9-5-10-19(3)16(18)8-11-20-12-15(6-7-17(19)20)21(22,13-20)14-23-4/h15-17,22H,5-14H2,1-4H3. The number of hydrogen-bond donors (Lipinski definition) is 1. The first-order chi connectivity index (χ1) is 10.8. The molecule has 23 heavy (non-hydrogen) atoms. The molecule has 0 aliphatic heterocycles. The van der Waals surface area contributed by atoms with Crippen molar-refractivity contribution in [3.8, 4) is 0 Å². The van der Waals surface area contributed by atoms with Crippen LogP contribution in [-0.4, -0.2) is 24.4 Å². The van der Waals surface area contributed by atoms with Crippen molar-refractivity contribution >= 4 is 0 Å². The summed E-state index contributed by atoms with van der Waals surface area (Å²) in [4.78, 5) is 0. The summed E-state index contributed by atoms with van der Waals surface area (Å²) >= 11 is 0. The molecule has 4 aliphatic rings. The molecule has 1 N–H and O–H groups in total. The van der Waals surface area contributed by atoms with Gasteiger partial charge in [0.25, 0.3) is 0 Å². The fraction of sp³-hybridized carbons (Fsp3) is 1.00. The van der Waals surface area contributed by atoms with E-state index in [-0.39, 0.29) is 0 Å². The van der Waals surface area contributed by atoms with Crippen LogP contribution < -0.4 is 0 Å². The second-order valence-corrected chi connectivity index (χ2v) is 10.5. The summed E-state index contributed by atoms with van der Waals surface area (Å²) in [5, 5.41) is 11.3. The molecule has 0 aromatic carbocycles. The second-order valence-electron chi connectivity index (χ2n) is 10.5. The lowest BCUT2D eigenvalue weighted by Crippen LogP contribution is -2.55. The van der Waals surface area contributed by atoms with Crippen LogP contribution in [0, 0.1) is 34.0 Å². The quantitative estimate of drug-likeness (QED) is 0.792. The van der Waals surface area contributed by atoms with Gasteiger partial charge in [-0.3, -0.25) is 0 Å². The SMILES string of the molecule is COCC1(O)CC23CCC4C(C)(C)CCCC4(C)C2CCC1C3. The van der Waals surface area contributed by atoms with Gasteiger partial charge in [-0.15, -0.1) is 0 Å². The fourth-order valence-electron chi connectivity index (χ4n) is 8.37. The van der Waals surface area contributed by atoms with Crippen LogP contribution in [0.4, 0.5) is 0 Å². The minimum absolute atomic E-state index is 0.412. The zero-order valence-corrected chi connectivity index (χ0v) is 15.7. The molecule has 0 saturated heterocycles. The van der Waals surface area contributed by atoms with E-state index in [4.69, 9.17) is 4.74 Å². The molecule has 2 bridgehead atoms. The summed E-state index contributed by atoms with van der Waals surface area (Å²) in [5.41, 5.74) is 0.877. The van der Waals surface area contributed by atoms with E-state index < -0.39 is 5.60 Å². The lowest BCUT2D eigenvalue weighted by atomic mass is 9.41. The van der Waals surface area contributed by atoms with Gasteiger partial charge in [0.05, 0.1) is 12.2 Å². The Bertz CT molecular complexity index is 486. The molecule has 0 radical (unpaired) electrons.